The molecular weight excluding hydrogens is 346 g/mol. The minimum absolute atomic E-state index is 0.549. The molecule has 0 bridgehead atoms. The van der Waals surface area contributed by atoms with E-state index in [1.807, 2.05) is 0 Å². The zero-order valence-corrected chi connectivity index (χ0v) is 17.4. The molecule has 2 aliphatic rings. The van der Waals surface area contributed by atoms with Gasteiger partial charge in [-0.15, -0.1) is 0 Å². The average Bonchev–Trinajstić information content (AvgIpc) is 3.49. The van der Waals surface area contributed by atoms with Crippen molar-refractivity contribution in [1.29, 1.82) is 0 Å². The van der Waals surface area contributed by atoms with Crippen LogP contribution < -0.4 is 10.6 Å². The fourth-order valence-electron chi connectivity index (χ4n) is 4.43. The molecule has 1 aromatic carbocycles. The SMILES string of the molecule is CCNC(=NCCc1c[nH]c2c(CC)cccc12)NC1CCN(C2CC2)CC1. The van der Waals surface area contributed by atoms with E-state index in [0.717, 1.165) is 37.9 Å². The number of para-hydroxylation sites is 1. The fraction of sp³-hybridized carbons (Fsp3) is 0.609. The van der Waals surface area contributed by atoms with E-state index in [2.05, 4.69) is 58.8 Å². The number of aliphatic imine (C=N–C) groups is 1. The summed E-state index contributed by atoms with van der Waals surface area (Å²) in [5.74, 6) is 0.974. The predicted molar refractivity (Wildman–Crippen MR) is 118 cm³/mol. The Morgan fingerprint density at radius 2 is 1.96 bits per heavy atom. The summed E-state index contributed by atoms with van der Waals surface area (Å²) in [6, 6.07) is 8.05. The van der Waals surface area contributed by atoms with Crippen molar-refractivity contribution in [2.24, 2.45) is 4.99 Å². The number of aromatic nitrogens is 1. The Balaban J connectivity index is 1.33. The molecular formula is C23H35N5. The zero-order valence-electron chi connectivity index (χ0n) is 17.4. The molecule has 0 amide bonds. The number of aryl methyl sites for hydroxylation is 1. The molecule has 1 aliphatic carbocycles. The molecule has 2 aromatic rings. The summed E-state index contributed by atoms with van der Waals surface area (Å²) in [5, 5.41) is 8.45. The normalized spacial score (nSPS) is 19.3. The van der Waals surface area contributed by atoms with E-state index in [9.17, 15) is 0 Å². The van der Waals surface area contributed by atoms with Crippen molar-refractivity contribution >= 4 is 16.9 Å². The van der Waals surface area contributed by atoms with Gasteiger partial charge in [-0.25, -0.2) is 0 Å². The Bertz CT molecular complexity index is 796. The lowest BCUT2D eigenvalue weighted by molar-refractivity contribution is 0.197. The van der Waals surface area contributed by atoms with Crippen molar-refractivity contribution in [1.82, 2.24) is 20.5 Å². The molecule has 1 saturated heterocycles. The second-order valence-corrected chi connectivity index (χ2v) is 8.20. The van der Waals surface area contributed by atoms with Crippen LogP contribution in [0.25, 0.3) is 10.9 Å². The number of guanidine groups is 1. The zero-order chi connectivity index (χ0) is 19.3. The molecule has 0 radical (unpaired) electrons. The summed E-state index contributed by atoms with van der Waals surface area (Å²) in [5.41, 5.74) is 4.04. The van der Waals surface area contributed by atoms with Gasteiger partial charge in [-0.05, 0) is 56.6 Å². The van der Waals surface area contributed by atoms with Gasteiger partial charge in [0.15, 0.2) is 5.96 Å². The lowest BCUT2D eigenvalue weighted by atomic mass is 10.1. The van der Waals surface area contributed by atoms with Gasteiger partial charge in [-0.2, -0.15) is 0 Å². The minimum Gasteiger partial charge on any atom is -0.361 e. The first kappa shape index (κ1) is 19.3. The summed E-state index contributed by atoms with van der Waals surface area (Å²) in [6.45, 7) is 8.52. The van der Waals surface area contributed by atoms with Crippen LogP contribution in [0.2, 0.25) is 0 Å². The van der Waals surface area contributed by atoms with Crippen LogP contribution in [0.1, 0.15) is 50.7 Å². The number of benzene rings is 1. The standard InChI is InChI=1S/C23H35N5/c1-3-17-6-5-7-21-18(16-26-22(17)21)10-13-25-23(24-4-2)27-19-11-14-28(15-12-19)20-8-9-20/h5-7,16,19-20,26H,3-4,8-15H2,1-2H3,(H2,24,25,27). The lowest BCUT2D eigenvalue weighted by Crippen LogP contribution is -2.49. The third-order valence-electron chi connectivity index (χ3n) is 6.20. The first-order valence-corrected chi connectivity index (χ1v) is 11.1. The molecule has 0 unspecified atom stereocenters. The molecule has 0 atom stereocenters. The Hall–Kier alpha value is -2.01. The molecule has 4 rings (SSSR count). The highest BCUT2D eigenvalue weighted by Crippen LogP contribution is 2.29. The summed E-state index contributed by atoms with van der Waals surface area (Å²) in [6.07, 6.45) is 9.46. The molecule has 1 aromatic heterocycles. The predicted octanol–water partition coefficient (Wildman–Crippen LogP) is 3.45. The first-order valence-electron chi connectivity index (χ1n) is 11.1. The number of aromatic amines is 1. The summed E-state index contributed by atoms with van der Waals surface area (Å²) < 4.78 is 0. The van der Waals surface area contributed by atoms with Crippen LogP contribution in [0.5, 0.6) is 0 Å². The number of hydrogen-bond donors (Lipinski definition) is 3. The Labute approximate surface area is 169 Å². The van der Waals surface area contributed by atoms with Gasteiger partial charge >= 0.3 is 0 Å². The molecule has 2 heterocycles. The van der Waals surface area contributed by atoms with E-state index in [0.29, 0.717) is 6.04 Å². The molecule has 5 nitrogen and oxygen atoms in total. The third kappa shape index (κ3) is 4.52. The highest BCUT2D eigenvalue weighted by atomic mass is 15.2. The van der Waals surface area contributed by atoms with Crippen LogP contribution in [0, 0.1) is 0 Å². The molecule has 28 heavy (non-hydrogen) atoms. The van der Waals surface area contributed by atoms with E-state index in [4.69, 9.17) is 4.99 Å². The minimum atomic E-state index is 0.549. The van der Waals surface area contributed by atoms with Gasteiger partial charge in [0, 0.05) is 55.4 Å². The van der Waals surface area contributed by atoms with Crippen molar-refractivity contribution in [3.63, 3.8) is 0 Å². The number of nitrogens with one attached hydrogen (secondary N) is 3. The topological polar surface area (TPSA) is 55.5 Å². The number of likely N-dealkylation sites (tertiary alicyclic amines) is 1. The highest BCUT2D eigenvalue weighted by molar-refractivity contribution is 5.86. The maximum atomic E-state index is 4.87. The number of piperidine rings is 1. The summed E-state index contributed by atoms with van der Waals surface area (Å²) in [7, 11) is 0. The number of H-pyrrole nitrogens is 1. The molecule has 2 fully saturated rings. The number of hydrogen-bond acceptors (Lipinski definition) is 2. The van der Waals surface area contributed by atoms with Crippen molar-refractivity contribution in [3.8, 4) is 0 Å². The van der Waals surface area contributed by atoms with Crippen LogP contribution >= 0.6 is 0 Å². The Morgan fingerprint density at radius 3 is 2.68 bits per heavy atom. The molecule has 1 saturated carbocycles. The quantitative estimate of drug-likeness (QED) is 0.509. The second kappa shape index (κ2) is 8.99. The largest absolute Gasteiger partial charge is 0.361 e. The van der Waals surface area contributed by atoms with Crippen molar-refractivity contribution in [2.45, 2.75) is 64.5 Å². The molecule has 1 aliphatic heterocycles. The average molecular weight is 382 g/mol. The number of rotatable bonds is 7. The second-order valence-electron chi connectivity index (χ2n) is 8.20. The Morgan fingerprint density at radius 1 is 1.14 bits per heavy atom. The molecule has 0 spiro atoms. The van der Waals surface area contributed by atoms with Gasteiger partial charge in [0.25, 0.3) is 0 Å². The maximum absolute atomic E-state index is 4.87. The smallest absolute Gasteiger partial charge is 0.191 e. The van der Waals surface area contributed by atoms with Gasteiger partial charge in [0.2, 0.25) is 0 Å². The van der Waals surface area contributed by atoms with Crippen LogP contribution in [0.4, 0.5) is 0 Å². The van der Waals surface area contributed by atoms with Crippen LogP contribution in [0.15, 0.2) is 29.4 Å². The highest BCUT2D eigenvalue weighted by Gasteiger charge is 2.31. The molecule has 152 valence electrons. The van der Waals surface area contributed by atoms with Gasteiger partial charge in [-0.3, -0.25) is 4.99 Å². The number of nitrogens with zero attached hydrogens (tertiary/aromatic N) is 2. The van der Waals surface area contributed by atoms with E-state index >= 15 is 0 Å². The summed E-state index contributed by atoms with van der Waals surface area (Å²) in [4.78, 5) is 11.0. The van der Waals surface area contributed by atoms with Gasteiger partial charge in [0.05, 0.1) is 0 Å². The van der Waals surface area contributed by atoms with Crippen molar-refractivity contribution in [2.75, 3.05) is 26.2 Å². The number of fused-ring (bicyclic) bond motifs is 1. The van der Waals surface area contributed by atoms with Crippen molar-refractivity contribution in [3.05, 3.63) is 35.5 Å². The molecule has 5 heteroatoms. The van der Waals surface area contributed by atoms with E-state index in [1.54, 1.807) is 0 Å². The third-order valence-corrected chi connectivity index (χ3v) is 6.20. The van der Waals surface area contributed by atoms with Gasteiger partial charge in [0.1, 0.15) is 0 Å². The monoisotopic (exact) mass is 381 g/mol. The van der Waals surface area contributed by atoms with E-state index in [1.165, 1.54) is 60.8 Å². The maximum Gasteiger partial charge on any atom is 0.191 e. The fourth-order valence-corrected chi connectivity index (χ4v) is 4.43. The van der Waals surface area contributed by atoms with E-state index < -0.39 is 0 Å². The Kier molecular flexibility index (Phi) is 6.20. The summed E-state index contributed by atoms with van der Waals surface area (Å²) >= 11 is 0. The molecule has 3 N–H and O–H groups in total. The van der Waals surface area contributed by atoms with Crippen molar-refractivity contribution < 1.29 is 0 Å². The first-order chi connectivity index (χ1) is 13.8. The van der Waals surface area contributed by atoms with Crippen LogP contribution in [-0.2, 0) is 12.8 Å². The van der Waals surface area contributed by atoms with Crippen LogP contribution in [-0.4, -0.2) is 54.1 Å². The van der Waals surface area contributed by atoms with Gasteiger partial charge < -0.3 is 20.5 Å². The van der Waals surface area contributed by atoms with Gasteiger partial charge in [-0.1, -0.05) is 25.1 Å². The lowest BCUT2D eigenvalue weighted by Gasteiger charge is -2.33. The van der Waals surface area contributed by atoms with Crippen LogP contribution in [0.3, 0.4) is 0 Å². The van der Waals surface area contributed by atoms with E-state index in [-0.39, 0.29) is 0 Å².